The quantitative estimate of drug-likeness (QED) is 0.646. The average Bonchev–Trinajstić information content (AvgIpc) is 2.98. The van der Waals surface area contributed by atoms with Gasteiger partial charge >= 0.3 is 0 Å². The maximum absolute atomic E-state index is 6.05. The van der Waals surface area contributed by atoms with Gasteiger partial charge in [0, 0.05) is 5.75 Å². The Labute approximate surface area is 142 Å². The maximum Gasteiger partial charge on any atom is 0.214 e. The van der Waals surface area contributed by atoms with E-state index in [4.69, 9.17) is 23.2 Å². The van der Waals surface area contributed by atoms with Gasteiger partial charge in [-0.3, -0.25) is 0 Å². The summed E-state index contributed by atoms with van der Waals surface area (Å²) in [5.74, 6) is 0.794. The molecule has 0 saturated carbocycles. The zero-order valence-corrected chi connectivity index (χ0v) is 14.0. The number of rotatable bonds is 4. The van der Waals surface area contributed by atoms with Gasteiger partial charge in [0.05, 0.1) is 15.7 Å². The van der Waals surface area contributed by atoms with Crippen molar-refractivity contribution in [3.63, 3.8) is 0 Å². The van der Waals surface area contributed by atoms with E-state index in [1.165, 1.54) is 11.1 Å². The molecule has 0 bridgehead atoms. The third-order valence-corrected chi connectivity index (χ3v) is 4.81. The number of hydrogen-bond acceptors (Lipinski definition) is 4. The zero-order chi connectivity index (χ0) is 15.5. The second kappa shape index (κ2) is 6.69. The molecule has 112 valence electrons. The Bertz CT molecular complexity index is 786. The minimum absolute atomic E-state index is 0.476. The lowest BCUT2D eigenvalue weighted by Crippen LogP contribution is -1.99. The van der Waals surface area contributed by atoms with Gasteiger partial charge < -0.3 is 0 Å². The predicted molar refractivity (Wildman–Crippen MR) is 89.9 cm³/mol. The maximum atomic E-state index is 6.05. The smallest absolute Gasteiger partial charge is 0.187 e. The second-order valence-corrected chi connectivity index (χ2v) is 6.50. The van der Waals surface area contributed by atoms with E-state index in [0.29, 0.717) is 15.2 Å². The Hall–Kier alpha value is -1.56. The molecule has 4 nitrogen and oxygen atoms in total. The molecule has 1 heterocycles. The molecule has 0 amide bonds. The predicted octanol–water partition coefficient (Wildman–Crippen LogP) is 4.57. The first kappa shape index (κ1) is 15.3. The van der Waals surface area contributed by atoms with Gasteiger partial charge in [0.25, 0.3) is 0 Å². The van der Waals surface area contributed by atoms with E-state index in [1.807, 2.05) is 6.07 Å². The van der Waals surface area contributed by atoms with E-state index in [1.54, 1.807) is 28.6 Å². The van der Waals surface area contributed by atoms with Crippen LogP contribution in [-0.2, 0) is 5.75 Å². The molecule has 22 heavy (non-hydrogen) atoms. The molecule has 0 saturated heterocycles. The molecule has 0 aliphatic rings. The number of aromatic nitrogens is 4. The van der Waals surface area contributed by atoms with Gasteiger partial charge in [0.1, 0.15) is 0 Å². The van der Waals surface area contributed by atoms with Crippen LogP contribution in [0, 0.1) is 6.92 Å². The summed E-state index contributed by atoms with van der Waals surface area (Å²) in [7, 11) is 0. The molecule has 0 unspecified atom stereocenters. The first-order chi connectivity index (χ1) is 10.6. The van der Waals surface area contributed by atoms with Crippen LogP contribution in [0.25, 0.3) is 5.69 Å². The fourth-order valence-corrected chi connectivity index (χ4v) is 3.02. The highest BCUT2D eigenvalue weighted by Crippen LogP contribution is 2.27. The highest BCUT2D eigenvalue weighted by Gasteiger charge is 2.10. The van der Waals surface area contributed by atoms with E-state index in [9.17, 15) is 0 Å². The van der Waals surface area contributed by atoms with Crippen molar-refractivity contribution in [2.24, 2.45) is 0 Å². The van der Waals surface area contributed by atoms with E-state index < -0.39 is 0 Å². The molecule has 3 aromatic rings. The molecule has 2 aromatic carbocycles. The minimum Gasteiger partial charge on any atom is -0.187 e. The third kappa shape index (κ3) is 3.43. The number of hydrogen-bond donors (Lipinski definition) is 0. The largest absolute Gasteiger partial charge is 0.214 e. The molecule has 0 aliphatic heterocycles. The van der Waals surface area contributed by atoms with Crippen LogP contribution in [0.15, 0.2) is 47.6 Å². The molecular formula is C15H12Cl2N4S. The van der Waals surface area contributed by atoms with Crippen molar-refractivity contribution >= 4 is 35.0 Å². The van der Waals surface area contributed by atoms with Gasteiger partial charge in [-0.2, -0.15) is 4.68 Å². The first-order valence-electron chi connectivity index (χ1n) is 6.55. The SMILES string of the molecule is Cc1ccc(CSc2nnnn2-c2ccc(Cl)c(Cl)c2)cc1. The topological polar surface area (TPSA) is 43.6 Å². The van der Waals surface area contributed by atoms with Crippen LogP contribution in [0.1, 0.15) is 11.1 Å². The van der Waals surface area contributed by atoms with Crippen molar-refractivity contribution in [2.75, 3.05) is 0 Å². The molecule has 0 N–H and O–H groups in total. The number of nitrogens with zero attached hydrogens (tertiary/aromatic N) is 4. The van der Waals surface area contributed by atoms with Crippen molar-refractivity contribution in [1.82, 2.24) is 20.2 Å². The number of aryl methyl sites for hydroxylation is 1. The number of tetrazole rings is 1. The highest BCUT2D eigenvalue weighted by atomic mass is 35.5. The Morgan fingerprint density at radius 1 is 1.05 bits per heavy atom. The van der Waals surface area contributed by atoms with Crippen LogP contribution in [0.2, 0.25) is 10.0 Å². The summed E-state index contributed by atoms with van der Waals surface area (Å²) in [6, 6.07) is 13.7. The molecular weight excluding hydrogens is 339 g/mol. The van der Waals surface area contributed by atoms with Gasteiger partial charge in [-0.15, -0.1) is 5.10 Å². The standard InChI is InChI=1S/C15H12Cl2N4S/c1-10-2-4-11(5-3-10)9-22-15-18-19-20-21(15)12-6-7-13(16)14(17)8-12/h2-8H,9H2,1H3. The van der Waals surface area contributed by atoms with E-state index in [2.05, 4.69) is 46.7 Å². The fraction of sp³-hybridized carbons (Fsp3) is 0.133. The van der Waals surface area contributed by atoms with Crippen LogP contribution in [0.4, 0.5) is 0 Å². The van der Waals surface area contributed by atoms with Crippen molar-refractivity contribution in [3.8, 4) is 5.69 Å². The van der Waals surface area contributed by atoms with Gasteiger partial charge in [-0.25, -0.2) is 0 Å². The lowest BCUT2D eigenvalue weighted by molar-refractivity contribution is 0.756. The van der Waals surface area contributed by atoms with Crippen LogP contribution < -0.4 is 0 Å². The van der Waals surface area contributed by atoms with Crippen molar-refractivity contribution in [3.05, 3.63) is 63.6 Å². The Morgan fingerprint density at radius 2 is 1.82 bits per heavy atom. The fourth-order valence-electron chi connectivity index (χ4n) is 1.88. The van der Waals surface area contributed by atoms with Crippen molar-refractivity contribution in [2.45, 2.75) is 17.8 Å². The Morgan fingerprint density at radius 3 is 2.55 bits per heavy atom. The number of halogens is 2. The van der Waals surface area contributed by atoms with Gasteiger partial charge in [0.15, 0.2) is 0 Å². The van der Waals surface area contributed by atoms with Crippen LogP contribution in [0.5, 0.6) is 0 Å². The Balaban J connectivity index is 1.79. The zero-order valence-electron chi connectivity index (χ0n) is 11.7. The normalized spacial score (nSPS) is 10.9. The summed E-state index contributed by atoms with van der Waals surface area (Å²) < 4.78 is 1.65. The molecule has 7 heteroatoms. The summed E-state index contributed by atoms with van der Waals surface area (Å²) in [5, 5.41) is 13.5. The van der Waals surface area contributed by atoms with Crippen LogP contribution in [0.3, 0.4) is 0 Å². The molecule has 1 aromatic heterocycles. The molecule has 0 fully saturated rings. The lowest BCUT2D eigenvalue weighted by atomic mass is 10.2. The van der Waals surface area contributed by atoms with E-state index in [-0.39, 0.29) is 0 Å². The minimum atomic E-state index is 0.476. The van der Waals surface area contributed by atoms with E-state index in [0.717, 1.165) is 11.4 Å². The summed E-state index contributed by atoms with van der Waals surface area (Å²) in [6.07, 6.45) is 0. The van der Waals surface area contributed by atoms with Gasteiger partial charge in [-0.1, -0.05) is 64.8 Å². The monoisotopic (exact) mass is 350 g/mol. The second-order valence-electron chi connectivity index (χ2n) is 4.75. The number of thioether (sulfide) groups is 1. The van der Waals surface area contributed by atoms with Crippen molar-refractivity contribution in [1.29, 1.82) is 0 Å². The third-order valence-electron chi connectivity index (χ3n) is 3.08. The number of benzene rings is 2. The average molecular weight is 351 g/mol. The lowest BCUT2D eigenvalue weighted by Gasteiger charge is -2.06. The first-order valence-corrected chi connectivity index (χ1v) is 8.30. The molecule has 3 rings (SSSR count). The summed E-state index contributed by atoms with van der Waals surface area (Å²) in [5.41, 5.74) is 3.25. The Kier molecular flexibility index (Phi) is 4.66. The van der Waals surface area contributed by atoms with Crippen molar-refractivity contribution < 1.29 is 0 Å². The summed E-state index contributed by atoms with van der Waals surface area (Å²) in [6.45, 7) is 2.07. The van der Waals surface area contributed by atoms with Gasteiger partial charge in [0.2, 0.25) is 5.16 Å². The molecule has 0 aliphatic carbocycles. The molecule has 0 spiro atoms. The summed E-state index contributed by atoms with van der Waals surface area (Å²) in [4.78, 5) is 0. The summed E-state index contributed by atoms with van der Waals surface area (Å²) >= 11 is 13.6. The van der Waals surface area contributed by atoms with E-state index >= 15 is 0 Å². The van der Waals surface area contributed by atoms with Crippen LogP contribution in [-0.4, -0.2) is 20.2 Å². The molecule has 0 atom stereocenters. The van der Waals surface area contributed by atoms with Gasteiger partial charge in [-0.05, 0) is 41.1 Å². The molecule has 0 radical (unpaired) electrons. The highest BCUT2D eigenvalue weighted by molar-refractivity contribution is 7.98. The van der Waals surface area contributed by atoms with Crippen LogP contribution >= 0.6 is 35.0 Å².